The lowest BCUT2D eigenvalue weighted by atomic mass is 10.1. The Morgan fingerprint density at radius 3 is 2.61 bits per heavy atom. The summed E-state index contributed by atoms with van der Waals surface area (Å²) >= 11 is 0. The topological polar surface area (TPSA) is 68.7 Å². The number of aryl methyl sites for hydroxylation is 1. The predicted octanol–water partition coefficient (Wildman–Crippen LogP) is 3.81. The van der Waals surface area contributed by atoms with E-state index in [9.17, 15) is 9.90 Å². The van der Waals surface area contributed by atoms with E-state index < -0.39 is 5.97 Å². The van der Waals surface area contributed by atoms with Crippen LogP contribution in [0.5, 0.6) is 11.5 Å². The van der Waals surface area contributed by atoms with Crippen molar-refractivity contribution in [1.82, 2.24) is 4.98 Å². The van der Waals surface area contributed by atoms with Crippen molar-refractivity contribution in [3.05, 3.63) is 41.6 Å². The number of benzene rings is 1. The molecule has 5 nitrogen and oxygen atoms in total. The number of aromatic nitrogens is 1. The van der Waals surface area contributed by atoms with Crippen LogP contribution in [0.4, 0.5) is 0 Å². The Morgan fingerprint density at radius 2 is 2.00 bits per heavy atom. The number of methoxy groups -OCH3 is 1. The van der Waals surface area contributed by atoms with E-state index in [-0.39, 0.29) is 5.56 Å². The molecule has 0 aliphatic carbocycles. The first kappa shape index (κ1) is 16.8. The number of carbonyl (C=O) groups is 1. The molecule has 5 heteroatoms. The standard InChI is InChI=1S/C18H21NO4/c1-4-10-23-17-9-6-12(22-3)11-14(17)16-8-7-13(18(20)21)15(5-2)19-16/h6-9,11H,4-5,10H2,1-3H3,(H,20,21). The van der Waals surface area contributed by atoms with Crippen molar-refractivity contribution in [2.45, 2.75) is 26.7 Å². The SMILES string of the molecule is CCCOc1ccc(OC)cc1-c1ccc(C(=O)O)c(CC)n1. The smallest absolute Gasteiger partial charge is 0.337 e. The summed E-state index contributed by atoms with van der Waals surface area (Å²) in [4.78, 5) is 15.8. The first-order valence-corrected chi connectivity index (χ1v) is 7.65. The maximum Gasteiger partial charge on any atom is 0.337 e. The Balaban J connectivity index is 2.52. The van der Waals surface area contributed by atoms with E-state index in [1.807, 2.05) is 32.0 Å². The molecule has 0 aliphatic heterocycles. The average molecular weight is 315 g/mol. The first-order chi connectivity index (χ1) is 11.1. The summed E-state index contributed by atoms with van der Waals surface area (Å²) < 4.78 is 11.1. The third-order valence-electron chi connectivity index (χ3n) is 3.46. The highest BCUT2D eigenvalue weighted by Crippen LogP contribution is 2.33. The van der Waals surface area contributed by atoms with E-state index in [0.717, 1.165) is 12.0 Å². The van der Waals surface area contributed by atoms with Gasteiger partial charge in [-0.05, 0) is 43.2 Å². The number of carboxylic acid groups (broad SMARTS) is 1. The molecule has 1 N–H and O–H groups in total. The minimum atomic E-state index is -0.964. The maximum absolute atomic E-state index is 11.3. The van der Waals surface area contributed by atoms with E-state index in [1.54, 1.807) is 19.2 Å². The Kier molecular flexibility index (Phi) is 5.57. The highest BCUT2D eigenvalue weighted by Gasteiger charge is 2.15. The van der Waals surface area contributed by atoms with Crippen LogP contribution in [0, 0.1) is 0 Å². The van der Waals surface area contributed by atoms with E-state index in [2.05, 4.69) is 4.98 Å². The zero-order valence-electron chi connectivity index (χ0n) is 13.6. The molecule has 0 atom stereocenters. The molecular weight excluding hydrogens is 294 g/mol. The summed E-state index contributed by atoms with van der Waals surface area (Å²) in [5, 5.41) is 9.23. The quantitative estimate of drug-likeness (QED) is 0.841. The average Bonchev–Trinajstić information content (AvgIpc) is 2.59. The molecule has 2 rings (SSSR count). The van der Waals surface area contributed by atoms with Gasteiger partial charge in [0.2, 0.25) is 0 Å². The van der Waals surface area contributed by atoms with Crippen LogP contribution in [0.1, 0.15) is 36.3 Å². The fourth-order valence-electron chi connectivity index (χ4n) is 2.29. The molecule has 0 unspecified atom stereocenters. The number of ether oxygens (including phenoxy) is 2. The molecule has 122 valence electrons. The van der Waals surface area contributed by atoms with E-state index in [1.165, 1.54) is 0 Å². The third-order valence-corrected chi connectivity index (χ3v) is 3.46. The predicted molar refractivity (Wildman–Crippen MR) is 88.3 cm³/mol. The van der Waals surface area contributed by atoms with Crippen molar-refractivity contribution < 1.29 is 19.4 Å². The Morgan fingerprint density at radius 1 is 1.22 bits per heavy atom. The van der Waals surface area contributed by atoms with Gasteiger partial charge in [-0.3, -0.25) is 4.98 Å². The van der Waals surface area contributed by atoms with Gasteiger partial charge in [0, 0.05) is 5.56 Å². The number of hydrogen-bond acceptors (Lipinski definition) is 4. The van der Waals surface area contributed by atoms with E-state index in [4.69, 9.17) is 9.47 Å². The maximum atomic E-state index is 11.3. The van der Waals surface area contributed by atoms with Gasteiger partial charge >= 0.3 is 5.97 Å². The molecule has 0 aliphatic rings. The monoisotopic (exact) mass is 315 g/mol. The molecule has 1 aromatic carbocycles. The van der Waals surface area contributed by atoms with Gasteiger partial charge in [-0.25, -0.2) is 4.79 Å². The summed E-state index contributed by atoms with van der Waals surface area (Å²) in [5.74, 6) is 0.449. The second-order valence-electron chi connectivity index (χ2n) is 5.06. The number of carboxylic acids is 1. The van der Waals surface area contributed by atoms with Crippen LogP contribution in [-0.2, 0) is 6.42 Å². The van der Waals surface area contributed by atoms with E-state index in [0.29, 0.717) is 35.9 Å². The molecule has 0 spiro atoms. The summed E-state index contributed by atoms with van der Waals surface area (Å²) in [6.07, 6.45) is 1.45. The molecule has 0 saturated heterocycles. The van der Waals surface area contributed by atoms with Gasteiger partial charge in [0.1, 0.15) is 11.5 Å². The van der Waals surface area contributed by atoms with Crippen LogP contribution < -0.4 is 9.47 Å². The lowest BCUT2D eigenvalue weighted by Gasteiger charge is -2.13. The summed E-state index contributed by atoms with van der Waals surface area (Å²) in [7, 11) is 1.60. The van der Waals surface area contributed by atoms with Gasteiger partial charge in [0.15, 0.2) is 0 Å². The lowest BCUT2D eigenvalue weighted by Crippen LogP contribution is -2.05. The minimum absolute atomic E-state index is 0.232. The Hall–Kier alpha value is -2.56. The van der Waals surface area contributed by atoms with Gasteiger partial charge in [-0.15, -0.1) is 0 Å². The highest BCUT2D eigenvalue weighted by molar-refractivity contribution is 5.89. The fourth-order valence-corrected chi connectivity index (χ4v) is 2.29. The minimum Gasteiger partial charge on any atom is -0.497 e. The van der Waals surface area contributed by atoms with Crippen LogP contribution in [0.2, 0.25) is 0 Å². The van der Waals surface area contributed by atoms with Crippen LogP contribution in [0.25, 0.3) is 11.3 Å². The van der Waals surface area contributed by atoms with Crippen molar-refractivity contribution in [3.8, 4) is 22.8 Å². The van der Waals surface area contributed by atoms with Gasteiger partial charge in [-0.1, -0.05) is 13.8 Å². The number of rotatable bonds is 7. The van der Waals surface area contributed by atoms with Crippen LogP contribution >= 0.6 is 0 Å². The highest BCUT2D eigenvalue weighted by atomic mass is 16.5. The fraction of sp³-hybridized carbons (Fsp3) is 0.333. The van der Waals surface area contributed by atoms with Crippen molar-refractivity contribution in [2.75, 3.05) is 13.7 Å². The van der Waals surface area contributed by atoms with Gasteiger partial charge in [0.05, 0.1) is 30.7 Å². The van der Waals surface area contributed by atoms with Crippen molar-refractivity contribution in [1.29, 1.82) is 0 Å². The zero-order valence-corrected chi connectivity index (χ0v) is 13.6. The number of nitrogens with zero attached hydrogens (tertiary/aromatic N) is 1. The van der Waals surface area contributed by atoms with Crippen LogP contribution in [-0.4, -0.2) is 29.8 Å². The third kappa shape index (κ3) is 3.80. The molecule has 0 saturated carbocycles. The second-order valence-corrected chi connectivity index (χ2v) is 5.06. The van der Waals surface area contributed by atoms with Gasteiger partial charge in [-0.2, -0.15) is 0 Å². The van der Waals surface area contributed by atoms with Crippen molar-refractivity contribution >= 4 is 5.97 Å². The largest absolute Gasteiger partial charge is 0.497 e. The normalized spacial score (nSPS) is 10.4. The molecule has 23 heavy (non-hydrogen) atoms. The number of aromatic carboxylic acids is 1. The zero-order chi connectivity index (χ0) is 16.8. The Bertz CT molecular complexity index is 697. The molecule has 1 aromatic heterocycles. The molecule has 0 fully saturated rings. The first-order valence-electron chi connectivity index (χ1n) is 7.65. The summed E-state index contributed by atoms with van der Waals surface area (Å²) in [5.41, 5.74) is 2.26. The van der Waals surface area contributed by atoms with Crippen molar-refractivity contribution in [3.63, 3.8) is 0 Å². The summed E-state index contributed by atoms with van der Waals surface area (Å²) in [6.45, 7) is 4.53. The number of hydrogen-bond donors (Lipinski definition) is 1. The van der Waals surface area contributed by atoms with Gasteiger partial charge < -0.3 is 14.6 Å². The molecule has 2 aromatic rings. The lowest BCUT2D eigenvalue weighted by molar-refractivity contribution is 0.0695. The van der Waals surface area contributed by atoms with Gasteiger partial charge in [0.25, 0.3) is 0 Å². The molecular formula is C18H21NO4. The molecule has 0 radical (unpaired) electrons. The summed E-state index contributed by atoms with van der Waals surface area (Å²) in [6, 6.07) is 8.83. The Labute approximate surface area is 135 Å². The van der Waals surface area contributed by atoms with Crippen molar-refractivity contribution in [2.24, 2.45) is 0 Å². The number of pyridine rings is 1. The van der Waals surface area contributed by atoms with E-state index >= 15 is 0 Å². The second kappa shape index (κ2) is 7.63. The molecule has 0 amide bonds. The molecule has 1 heterocycles. The van der Waals surface area contributed by atoms with Crippen LogP contribution in [0.15, 0.2) is 30.3 Å². The molecule has 0 bridgehead atoms. The van der Waals surface area contributed by atoms with Crippen LogP contribution in [0.3, 0.4) is 0 Å².